The number of hydrogen-bond donors (Lipinski definition) is 1. The molecule has 27 heavy (non-hydrogen) atoms. The van der Waals surface area contributed by atoms with Crippen molar-refractivity contribution in [3.8, 4) is 5.75 Å². The number of nitrogens with one attached hydrogen (secondary N) is 1. The van der Waals surface area contributed by atoms with Gasteiger partial charge in [0.05, 0.1) is 0 Å². The first-order valence-electron chi connectivity index (χ1n) is 10.0. The largest absolute Gasteiger partial charge is 0.484 e. The average molecular weight is 367 g/mol. The molecule has 2 aromatic rings. The molecular weight excluding hydrogens is 342 g/mol. The lowest BCUT2D eigenvalue weighted by molar-refractivity contribution is -0.125. The fourth-order valence-electron chi connectivity index (χ4n) is 6.12. The highest BCUT2D eigenvalue weighted by molar-refractivity contribution is 5.79. The second-order valence-electron chi connectivity index (χ2n) is 8.94. The first-order chi connectivity index (χ1) is 13.1. The van der Waals surface area contributed by atoms with Crippen molar-refractivity contribution in [3.05, 3.63) is 40.8 Å². The van der Waals surface area contributed by atoms with Crippen LogP contribution < -0.4 is 15.7 Å². The third-order valence-corrected chi connectivity index (χ3v) is 6.79. The maximum absolute atomic E-state index is 12.3. The third kappa shape index (κ3) is 3.35. The number of amides is 1. The van der Waals surface area contributed by atoms with E-state index in [2.05, 4.69) is 5.32 Å². The molecule has 1 aromatic carbocycles. The van der Waals surface area contributed by atoms with E-state index in [0.29, 0.717) is 16.7 Å². The van der Waals surface area contributed by atoms with Crippen LogP contribution in [0.5, 0.6) is 5.75 Å². The van der Waals surface area contributed by atoms with E-state index in [4.69, 9.17) is 9.15 Å². The molecule has 0 unspecified atom stereocenters. The molecule has 0 radical (unpaired) electrons. The Hall–Kier alpha value is -2.30. The van der Waals surface area contributed by atoms with Gasteiger partial charge in [0, 0.05) is 24.1 Å². The topological polar surface area (TPSA) is 68.5 Å². The lowest BCUT2D eigenvalue weighted by Gasteiger charge is -2.56. The second kappa shape index (κ2) is 6.39. The highest BCUT2D eigenvalue weighted by Crippen LogP contribution is 2.59. The van der Waals surface area contributed by atoms with Crippen LogP contribution in [0.1, 0.15) is 38.5 Å². The quantitative estimate of drug-likeness (QED) is 0.821. The predicted octanol–water partition coefficient (Wildman–Crippen LogP) is 3.50. The van der Waals surface area contributed by atoms with Crippen molar-refractivity contribution in [1.82, 2.24) is 5.32 Å². The summed E-state index contributed by atoms with van der Waals surface area (Å²) in [5.41, 5.74) is 0.401. The van der Waals surface area contributed by atoms with Crippen LogP contribution in [-0.2, 0) is 4.79 Å². The van der Waals surface area contributed by atoms with Crippen molar-refractivity contribution in [2.45, 2.75) is 38.5 Å². The molecule has 1 N–H and O–H groups in total. The lowest BCUT2D eigenvalue weighted by atomic mass is 9.49. The second-order valence-corrected chi connectivity index (χ2v) is 8.94. The summed E-state index contributed by atoms with van der Waals surface area (Å²) in [6, 6.07) is 8.36. The normalized spacial score (nSPS) is 31.2. The molecule has 5 nitrogen and oxygen atoms in total. The van der Waals surface area contributed by atoms with Crippen molar-refractivity contribution >= 4 is 16.9 Å². The Kier molecular flexibility index (Phi) is 3.99. The number of carbonyl (C=O) groups is 1. The van der Waals surface area contributed by atoms with Crippen LogP contribution in [0.4, 0.5) is 0 Å². The SMILES string of the molecule is O=C(COc1ccc2ccc(=O)oc2c1)NCC12CC3CC(CC(C3)C1)C2. The molecule has 1 heterocycles. The molecule has 0 aliphatic heterocycles. The minimum atomic E-state index is -0.395. The Morgan fingerprint density at radius 3 is 2.44 bits per heavy atom. The Bertz CT molecular complexity index is 896. The molecule has 6 rings (SSSR count). The predicted molar refractivity (Wildman–Crippen MR) is 102 cm³/mol. The minimum absolute atomic E-state index is 0.0189. The summed E-state index contributed by atoms with van der Waals surface area (Å²) in [7, 11) is 0. The van der Waals surface area contributed by atoms with Gasteiger partial charge in [-0.05, 0) is 79.9 Å². The molecule has 1 aromatic heterocycles. The molecular formula is C22H25NO4. The van der Waals surface area contributed by atoms with Gasteiger partial charge in [0.1, 0.15) is 11.3 Å². The van der Waals surface area contributed by atoms with Crippen LogP contribution in [0.2, 0.25) is 0 Å². The zero-order chi connectivity index (χ0) is 18.4. The summed E-state index contributed by atoms with van der Waals surface area (Å²) in [6.45, 7) is 0.764. The fourth-order valence-corrected chi connectivity index (χ4v) is 6.12. The first-order valence-corrected chi connectivity index (χ1v) is 10.0. The van der Waals surface area contributed by atoms with E-state index in [1.807, 2.05) is 6.07 Å². The van der Waals surface area contributed by atoms with Gasteiger partial charge in [-0.15, -0.1) is 0 Å². The van der Waals surface area contributed by atoms with Crippen LogP contribution in [0.3, 0.4) is 0 Å². The van der Waals surface area contributed by atoms with E-state index in [-0.39, 0.29) is 12.5 Å². The van der Waals surface area contributed by atoms with Crippen molar-refractivity contribution in [3.63, 3.8) is 0 Å². The first kappa shape index (κ1) is 16.8. The van der Waals surface area contributed by atoms with Gasteiger partial charge in [0.2, 0.25) is 0 Å². The minimum Gasteiger partial charge on any atom is -0.484 e. The number of rotatable bonds is 5. The van der Waals surface area contributed by atoms with E-state index in [1.165, 1.54) is 44.6 Å². The molecule has 0 atom stereocenters. The van der Waals surface area contributed by atoms with Gasteiger partial charge in [-0.1, -0.05) is 0 Å². The summed E-state index contributed by atoms with van der Waals surface area (Å²) in [5.74, 6) is 3.10. The van der Waals surface area contributed by atoms with Crippen LogP contribution in [0.15, 0.2) is 39.5 Å². The molecule has 142 valence electrons. The van der Waals surface area contributed by atoms with E-state index < -0.39 is 5.63 Å². The summed E-state index contributed by atoms with van der Waals surface area (Å²) in [5, 5.41) is 3.95. The van der Waals surface area contributed by atoms with Crippen molar-refractivity contribution in [2.24, 2.45) is 23.2 Å². The van der Waals surface area contributed by atoms with E-state index in [9.17, 15) is 9.59 Å². The lowest BCUT2D eigenvalue weighted by Crippen LogP contribution is -2.51. The van der Waals surface area contributed by atoms with E-state index in [1.54, 1.807) is 18.2 Å². The third-order valence-electron chi connectivity index (χ3n) is 6.79. The zero-order valence-electron chi connectivity index (χ0n) is 15.4. The summed E-state index contributed by atoms with van der Waals surface area (Å²) >= 11 is 0. The number of carbonyl (C=O) groups excluding carboxylic acids is 1. The van der Waals surface area contributed by atoms with Gasteiger partial charge in [-0.25, -0.2) is 4.79 Å². The number of benzene rings is 1. The Morgan fingerprint density at radius 1 is 1.07 bits per heavy atom. The molecule has 4 bridgehead atoms. The van der Waals surface area contributed by atoms with Crippen molar-refractivity contribution < 1.29 is 13.9 Å². The van der Waals surface area contributed by atoms with Gasteiger partial charge in [-0.2, -0.15) is 0 Å². The molecule has 5 heteroatoms. The molecule has 1 amide bonds. The standard InChI is InChI=1S/C22H25NO4/c24-20(12-26-18-3-1-17-2-4-21(25)27-19(17)8-18)23-13-22-9-14-5-15(10-22)7-16(6-14)11-22/h1-4,8,14-16H,5-7,9-13H2,(H,23,24). The van der Waals surface area contributed by atoms with E-state index in [0.717, 1.165) is 29.7 Å². The number of hydrogen-bond acceptors (Lipinski definition) is 4. The summed E-state index contributed by atoms with van der Waals surface area (Å²) < 4.78 is 10.8. The van der Waals surface area contributed by atoms with Gasteiger partial charge in [-0.3, -0.25) is 4.79 Å². The van der Waals surface area contributed by atoms with Crippen molar-refractivity contribution in [1.29, 1.82) is 0 Å². The maximum atomic E-state index is 12.3. The monoisotopic (exact) mass is 367 g/mol. The zero-order valence-corrected chi connectivity index (χ0v) is 15.4. The Balaban J connectivity index is 1.18. The number of fused-ring (bicyclic) bond motifs is 1. The average Bonchev–Trinajstić information content (AvgIpc) is 2.63. The van der Waals surface area contributed by atoms with Crippen molar-refractivity contribution in [2.75, 3.05) is 13.2 Å². The Morgan fingerprint density at radius 2 is 1.74 bits per heavy atom. The maximum Gasteiger partial charge on any atom is 0.336 e. The highest BCUT2D eigenvalue weighted by atomic mass is 16.5. The molecule has 0 saturated heterocycles. The molecule has 0 spiro atoms. The van der Waals surface area contributed by atoms with Crippen LogP contribution in [0, 0.1) is 23.2 Å². The number of ether oxygens (including phenoxy) is 1. The molecule has 4 aliphatic rings. The van der Waals surface area contributed by atoms with Crippen LogP contribution in [-0.4, -0.2) is 19.1 Å². The Labute approximate surface area is 158 Å². The van der Waals surface area contributed by atoms with E-state index >= 15 is 0 Å². The van der Waals surface area contributed by atoms with Crippen LogP contribution >= 0.6 is 0 Å². The van der Waals surface area contributed by atoms with Crippen LogP contribution in [0.25, 0.3) is 11.0 Å². The summed E-state index contributed by atoms with van der Waals surface area (Å²) in [6.07, 6.45) is 8.08. The smallest absolute Gasteiger partial charge is 0.336 e. The van der Waals surface area contributed by atoms with Gasteiger partial charge in [0.15, 0.2) is 6.61 Å². The van der Waals surface area contributed by atoms with Gasteiger partial charge < -0.3 is 14.5 Å². The molecule has 4 saturated carbocycles. The van der Waals surface area contributed by atoms with Gasteiger partial charge in [0.25, 0.3) is 5.91 Å². The summed E-state index contributed by atoms with van der Waals surface area (Å²) in [4.78, 5) is 23.7. The van der Waals surface area contributed by atoms with Gasteiger partial charge >= 0.3 is 5.63 Å². The fraction of sp³-hybridized carbons (Fsp3) is 0.545. The highest BCUT2D eigenvalue weighted by Gasteiger charge is 2.50. The molecule has 4 aliphatic carbocycles. The molecule has 4 fully saturated rings.